The molecule has 0 bridgehead atoms. The third kappa shape index (κ3) is 2.90. The summed E-state index contributed by atoms with van der Waals surface area (Å²) in [5, 5.41) is 0. The van der Waals surface area contributed by atoms with Gasteiger partial charge in [-0.15, -0.1) is 0 Å². The van der Waals surface area contributed by atoms with Crippen LogP contribution in [0.15, 0.2) is 0 Å². The first-order valence-corrected chi connectivity index (χ1v) is 8.84. The molecule has 0 saturated carbocycles. The highest BCUT2D eigenvalue weighted by molar-refractivity contribution is 9.09. The van der Waals surface area contributed by atoms with Crippen LogP contribution in [0.25, 0.3) is 0 Å². The second-order valence-corrected chi connectivity index (χ2v) is 10.7. The predicted octanol–water partition coefficient (Wildman–Crippen LogP) is 4.03. The van der Waals surface area contributed by atoms with Gasteiger partial charge >= 0.3 is 0 Å². The molecule has 0 unspecified atom stereocenters. The molecule has 1 rings (SSSR count). The molecule has 66 valence electrons. The van der Waals surface area contributed by atoms with E-state index in [9.17, 15) is 0 Å². The molecular weight excluding hydrogens is 216 g/mol. The van der Waals surface area contributed by atoms with Crippen LogP contribution in [0.5, 0.6) is 0 Å². The lowest BCUT2D eigenvalue weighted by Gasteiger charge is -2.33. The van der Waals surface area contributed by atoms with Crippen LogP contribution in [0.3, 0.4) is 0 Å². The van der Waals surface area contributed by atoms with Gasteiger partial charge in [0.2, 0.25) is 0 Å². The fourth-order valence-electron chi connectivity index (χ4n) is 2.13. The lowest BCUT2D eigenvalue weighted by Crippen LogP contribution is -2.34. The van der Waals surface area contributed by atoms with Crippen molar-refractivity contribution in [2.24, 2.45) is 0 Å². The van der Waals surface area contributed by atoms with Crippen LogP contribution in [0.1, 0.15) is 26.2 Å². The zero-order chi connectivity index (χ0) is 8.32. The molecule has 0 aliphatic carbocycles. The van der Waals surface area contributed by atoms with Crippen molar-refractivity contribution < 1.29 is 0 Å². The maximum atomic E-state index is 3.71. The molecule has 0 spiro atoms. The molecule has 0 amide bonds. The first kappa shape index (κ1) is 9.78. The van der Waals surface area contributed by atoms with Crippen LogP contribution in [0.4, 0.5) is 0 Å². The molecule has 0 aromatic rings. The molecule has 0 aromatic carbocycles. The predicted molar refractivity (Wildman–Crippen MR) is 58.3 cm³/mol. The second-order valence-electron chi connectivity index (χ2n) is 4.24. The fourth-order valence-corrected chi connectivity index (χ4v) is 7.48. The first-order valence-electron chi connectivity index (χ1n) is 4.80. The number of halogens is 1. The van der Waals surface area contributed by atoms with Crippen LogP contribution < -0.4 is 0 Å². The summed E-state index contributed by atoms with van der Waals surface area (Å²) >= 11 is 3.71. The van der Waals surface area contributed by atoms with E-state index >= 15 is 0 Å². The van der Waals surface area contributed by atoms with E-state index in [1.165, 1.54) is 19.3 Å². The van der Waals surface area contributed by atoms with Crippen molar-refractivity contribution in [2.45, 2.75) is 55.7 Å². The molecular formula is C9H19BrSi. The fraction of sp³-hybridized carbons (Fsp3) is 1.00. The lowest BCUT2D eigenvalue weighted by molar-refractivity contribution is 0.731. The van der Waals surface area contributed by atoms with Gasteiger partial charge < -0.3 is 0 Å². The smallest absolute Gasteiger partial charge is 0.0505 e. The van der Waals surface area contributed by atoms with E-state index in [0.717, 1.165) is 4.83 Å². The van der Waals surface area contributed by atoms with E-state index in [0.29, 0.717) is 0 Å². The van der Waals surface area contributed by atoms with E-state index in [1.807, 2.05) is 0 Å². The van der Waals surface area contributed by atoms with Gasteiger partial charge in [0.25, 0.3) is 0 Å². The summed E-state index contributed by atoms with van der Waals surface area (Å²) in [4.78, 5) is 0.847. The minimum atomic E-state index is -0.708. The normalized spacial score (nSPS) is 39.0. The van der Waals surface area contributed by atoms with Crippen molar-refractivity contribution in [2.75, 3.05) is 0 Å². The Morgan fingerprint density at radius 1 is 1.36 bits per heavy atom. The summed E-state index contributed by atoms with van der Waals surface area (Å²) in [6.45, 7) is 4.92. The largest absolute Gasteiger partial charge is 0.0891 e. The van der Waals surface area contributed by atoms with Crippen molar-refractivity contribution in [3.05, 3.63) is 0 Å². The van der Waals surface area contributed by atoms with Gasteiger partial charge in [0.05, 0.1) is 8.07 Å². The van der Waals surface area contributed by atoms with Crippen LogP contribution in [0.2, 0.25) is 24.7 Å². The number of alkyl halides is 1. The highest BCUT2D eigenvalue weighted by atomic mass is 79.9. The van der Waals surface area contributed by atoms with Gasteiger partial charge in [-0.2, -0.15) is 0 Å². The van der Waals surface area contributed by atoms with Gasteiger partial charge in [0, 0.05) is 4.83 Å². The monoisotopic (exact) mass is 234 g/mol. The van der Waals surface area contributed by atoms with Gasteiger partial charge in [-0.1, -0.05) is 54.0 Å². The summed E-state index contributed by atoms with van der Waals surface area (Å²) in [6, 6.07) is 4.69. The molecule has 0 N–H and O–H groups in total. The molecule has 1 saturated heterocycles. The van der Waals surface area contributed by atoms with Gasteiger partial charge in [-0.05, 0) is 12.8 Å². The number of rotatable bonds is 2. The summed E-state index contributed by atoms with van der Waals surface area (Å²) in [6.07, 6.45) is 4.31. The van der Waals surface area contributed by atoms with E-state index in [2.05, 4.69) is 29.4 Å². The quantitative estimate of drug-likeness (QED) is 0.500. The van der Waals surface area contributed by atoms with E-state index < -0.39 is 8.07 Å². The minimum Gasteiger partial charge on any atom is -0.0891 e. The Labute approximate surface area is 79.9 Å². The lowest BCUT2D eigenvalue weighted by atomic mass is 10.3. The zero-order valence-corrected chi connectivity index (χ0v) is 10.3. The molecule has 2 heteroatoms. The van der Waals surface area contributed by atoms with Crippen molar-refractivity contribution in [3.8, 4) is 0 Å². The molecule has 0 radical (unpaired) electrons. The van der Waals surface area contributed by atoms with Crippen molar-refractivity contribution in [1.29, 1.82) is 0 Å². The standard InChI is InChI=1S/C9H19BrSi/c1-3-6-11(2)7-4-9(10)5-8-11/h9H,3-8H2,1-2H3. The van der Waals surface area contributed by atoms with Gasteiger partial charge in [0.1, 0.15) is 0 Å². The van der Waals surface area contributed by atoms with Crippen LogP contribution in [-0.4, -0.2) is 12.9 Å². The van der Waals surface area contributed by atoms with Crippen molar-refractivity contribution in [3.63, 3.8) is 0 Å². The molecule has 0 atom stereocenters. The highest BCUT2D eigenvalue weighted by Crippen LogP contribution is 2.35. The van der Waals surface area contributed by atoms with Crippen LogP contribution in [-0.2, 0) is 0 Å². The van der Waals surface area contributed by atoms with E-state index in [1.54, 1.807) is 18.1 Å². The summed E-state index contributed by atoms with van der Waals surface area (Å²) in [5.74, 6) is 0. The van der Waals surface area contributed by atoms with Gasteiger partial charge in [-0.3, -0.25) is 0 Å². The maximum absolute atomic E-state index is 3.71. The summed E-state index contributed by atoms with van der Waals surface area (Å²) < 4.78 is 0. The molecule has 11 heavy (non-hydrogen) atoms. The Morgan fingerprint density at radius 2 is 1.91 bits per heavy atom. The first-order chi connectivity index (χ1) is 5.16. The third-order valence-electron chi connectivity index (χ3n) is 2.98. The Morgan fingerprint density at radius 3 is 2.36 bits per heavy atom. The number of hydrogen-bond acceptors (Lipinski definition) is 0. The Hall–Kier alpha value is 0.697. The Balaban J connectivity index is 2.35. The Bertz CT molecular complexity index is 117. The molecule has 1 aliphatic rings. The average Bonchev–Trinajstić information content (AvgIpc) is 1.97. The average molecular weight is 235 g/mol. The van der Waals surface area contributed by atoms with Gasteiger partial charge in [-0.25, -0.2) is 0 Å². The Kier molecular flexibility index (Phi) is 3.63. The summed E-state index contributed by atoms with van der Waals surface area (Å²) in [7, 11) is -0.708. The SMILES string of the molecule is CCC[Si]1(C)CCC(Br)CC1. The third-order valence-corrected chi connectivity index (χ3v) is 8.59. The minimum absolute atomic E-state index is 0.708. The van der Waals surface area contributed by atoms with Crippen LogP contribution >= 0.6 is 15.9 Å². The zero-order valence-electron chi connectivity index (χ0n) is 7.70. The molecule has 0 nitrogen and oxygen atoms in total. The molecule has 1 fully saturated rings. The number of hydrogen-bond donors (Lipinski definition) is 0. The van der Waals surface area contributed by atoms with Gasteiger partial charge in [0.15, 0.2) is 0 Å². The highest BCUT2D eigenvalue weighted by Gasteiger charge is 2.30. The van der Waals surface area contributed by atoms with E-state index in [-0.39, 0.29) is 0 Å². The van der Waals surface area contributed by atoms with Crippen molar-refractivity contribution >= 4 is 24.0 Å². The summed E-state index contributed by atoms with van der Waals surface area (Å²) in [5.41, 5.74) is 0. The second kappa shape index (κ2) is 4.08. The maximum Gasteiger partial charge on any atom is 0.0505 e. The van der Waals surface area contributed by atoms with Crippen LogP contribution in [0, 0.1) is 0 Å². The molecule has 0 aromatic heterocycles. The van der Waals surface area contributed by atoms with Crippen molar-refractivity contribution in [1.82, 2.24) is 0 Å². The molecule has 1 aliphatic heterocycles. The van der Waals surface area contributed by atoms with E-state index in [4.69, 9.17) is 0 Å². The molecule has 1 heterocycles. The topological polar surface area (TPSA) is 0 Å².